The highest BCUT2D eigenvalue weighted by atomic mass is 32.2. The molecule has 3 N–H and O–H groups in total. The smallest absolute Gasteiger partial charge is 0.272 e. The first-order valence-corrected chi connectivity index (χ1v) is 18.0. The summed E-state index contributed by atoms with van der Waals surface area (Å²) in [7, 11) is 0. The zero-order valence-electron chi connectivity index (χ0n) is 29.0. The molecule has 0 saturated heterocycles. The van der Waals surface area contributed by atoms with Gasteiger partial charge in [-0.15, -0.1) is 11.8 Å². The van der Waals surface area contributed by atoms with E-state index in [4.69, 9.17) is 0 Å². The van der Waals surface area contributed by atoms with Crippen LogP contribution in [0, 0.1) is 0 Å². The van der Waals surface area contributed by atoms with Gasteiger partial charge in [0.2, 0.25) is 5.91 Å². The third-order valence-corrected chi connectivity index (χ3v) is 9.68. The minimum atomic E-state index is -0.512. The lowest BCUT2D eigenvalue weighted by Gasteiger charge is -2.18. The van der Waals surface area contributed by atoms with Gasteiger partial charge in [-0.25, -0.2) is 0 Å². The molecule has 0 spiro atoms. The van der Waals surface area contributed by atoms with Crippen LogP contribution in [0.4, 0.5) is 11.4 Å². The van der Waals surface area contributed by atoms with E-state index < -0.39 is 17.1 Å². The van der Waals surface area contributed by atoms with Gasteiger partial charge in [0.05, 0.1) is 0 Å². The average Bonchev–Trinajstić information content (AvgIpc) is 3.18. The Morgan fingerprint density at radius 3 is 1.71 bits per heavy atom. The van der Waals surface area contributed by atoms with Crippen LogP contribution in [-0.4, -0.2) is 17.7 Å². The number of carbonyl (C=O) groups excluding carboxylic acids is 3. The van der Waals surface area contributed by atoms with Gasteiger partial charge in [-0.1, -0.05) is 129 Å². The van der Waals surface area contributed by atoms with E-state index in [1.165, 1.54) is 17.3 Å². The number of nitrogens with one attached hydrogen (secondary N) is 3. The zero-order chi connectivity index (χ0) is 36.3. The number of hydrogen-bond acceptors (Lipinski definition) is 4. The maximum absolute atomic E-state index is 13.7. The summed E-state index contributed by atoms with van der Waals surface area (Å²) in [5.74, 6) is -0.595. The Bertz CT molecular complexity index is 2130. The fraction of sp³-hybridized carbons (Fsp3) is 0.0889. The van der Waals surface area contributed by atoms with Gasteiger partial charge in [0.15, 0.2) is 0 Å². The summed E-state index contributed by atoms with van der Waals surface area (Å²) in [5, 5.41) is 8.30. The second-order valence-corrected chi connectivity index (χ2v) is 13.7. The van der Waals surface area contributed by atoms with Crippen LogP contribution in [0.25, 0.3) is 17.2 Å². The Hall–Kier alpha value is -6.18. The molecule has 6 rings (SSSR count). The molecule has 6 aromatic rings. The lowest BCUT2D eigenvalue weighted by molar-refractivity contribution is -0.116. The molecule has 7 heteroatoms. The SMILES string of the molecule is CC(C)c1ccc(NC(=O)C(Sc2ccc(NC(=O)/C(=C/c3ccc(-c4ccccc4)cc3)NC(=O)c3ccccc3)cc2)c2ccccc2)cc1. The normalized spacial score (nSPS) is 11.8. The third kappa shape index (κ3) is 9.53. The molecule has 0 saturated carbocycles. The summed E-state index contributed by atoms with van der Waals surface area (Å²) < 4.78 is 0. The van der Waals surface area contributed by atoms with E-state index in [1.807, 2.05) is 127 Å². The van der Waals surface area contributed by atoms with Gasteiger partial charge in [0, 0.05) is 21.8 Å². The molecule has 0 bridgehead atoms. The first kappa shape index (κ1) is 35.6. The molecule has 0 aliphatic carbocycles. The van der Waals surface area contributed by atoms with Crippen molar-refractivity contribution in [3.63, 3.8) is 0 Å². The van der Waals surface area contributed by atoms with Crippen LogP contribution in [0.15, 0.2) is 174 Å². The molecule has 52 heavy (non-hydrogen) atoms. The Balaban J connectivity index is 1.18. The second-order valence-electron chi connectivity index (χ2n) is 12.5. The Labute approximate surface area is 309 Å². The van der Waals surface area contributed by atoms with Crippen molar-refractivity contribution in [2.75, 3.05) is 10.6 Å². The van der Waals surface area contributed by atoms with Crippen molar-refractivity contribution in [3.05, 3.63) is 192 Å². The lowest BCUT2D eigenvalue weighted by Crippen LogP contribution is -2.30. The molecule has 0 heterocycles. The van der Waals surface area contributed by atoms with E-state index in [-0.39, 0.29) is 11.6 Å². The van der Waals surface area contributed by atoms with Gasteiger partial charge >= 0.3 is 0 Å². The highest BCUT2D eigenvalue weighted by Gasteiger charge is 2.23. The van der Waals surface area contributed by atoms with E-state index in [1.54, 1.807) is 42.5 Å². The number of benzene rings is 6. The van der Waals surface area contributed by atoms with Gasteiger partial charge in [0.1, 0.15) is 10.9 Å². The minimum absolute atomic E-state index is 0.0991. The molecule has 6 nitrogen and oxygen atoms in total. The van der Waals surface area contributed by atoms with Crippen LogP contribution in [0.3, 0.4) is 0 Å². The summed E-state index contributed by atoms with van der Waals surface area (Å²) in [6.45, 7) is 4.27. The third-order valence-electron chi connectivity index (χ3n) is 8.41. The molecule has 1 unspecified atom stereocenters. The monoisotopic (exact) mass is 701 g/mol. The van der Waals surface area contributed by atoms with Crippen molar-refractivity contribution in [1.29, 1.82) is 0 Å². The molecule has 0 fully saturated rings. The number of hydrogen-bond donors (Lipinski definition) is 3. The number of amides is 3. The van der Waals surface area contributed by atoms with Gasteiger partial charge < -0.3 is 16.0 Å². The highest BCUT2D eigenvalue weighted by Crippen LogP contribution is 2.37. The first-order chi connectivity index (χ1) is 25.3. The van der Waals surface area contributed by atoms with Crippen molar-refractivity contribution < 1.29 is 14.4 Å². The maximum Gasteiger partial charge on any atom is 0.272 e. The number of rotatable bonds is 12. The number of carbonyl (C=O) groups is 3. The van der Waals surface area contributed by atoms with Crippen molar-refractivity contribution in [1.82, 2.24) is 5.32 Å². The van der Waals surface area contributed by atoms with E-state index >= 15 is 0 Å². The van der Waals surface area contributed by atoms with E-state index in [2.05, 4.69) is 29.8 Å². The summed E-state index contributed by atoms with van der Waals surface area (Å²) in [4.78, 5) is 41.3. The van der Waals surface area contributed by atoms with Crippen molar-refractivity contribution in [2.45, 2.75) is 29.9 Å². The van der Waals surface area contributed by atoms with Crippen LogP contribution in [0.1, 0.15) is 52.1 Å². The maximum atomic E-state index is 13.7. The molecule has 1 atom stereocenters. The molecule has 6 aromatic carbocycles. The molecule has 0 aromatic heterocycles. The van der Waals surface area contributed by atoms with Crippen LogP contribution in [0.5, 0.6) is 0 Å². The second kappa shape index (κ2) is 17.2. The van der Waals surface area contributed by atoms with Crippen molar-refractivity contribution in [2.24, 2.45) is 0 Å². The summed E-state index contributed by atoms with van der Waals surface area (Å²) >= 11 is 1.43. The predicted molar refractivity (Wildman–Crippen MR) is 213 cm³/mol. The van der Waals surface area contributed by atoms with E-state index in [9.17, 15) is 14.4 Å². The minimum Gasteiger partial charge on any atom is -0.325 e. The van der Waals surface area contributed by atoms with Crippen LogP contribution < -0.4 is 16.0 Å². The largest absolute Gasteiger partial charge is 0.325 e. The molecule has 0 aliphatic heterocycles. The highest BCUT2D eigenvalue weighted by molar-refractivity contribution is 8.00. The Morgan fingerprint density at radius 1 is 0.558 bits per heavy atom. The summed E-state index contributed by atoms with van der Waals surface area (Å²) in [5.41, 5.74) is 6.78. The molecule has 258 valence electrons. The topological polar surface area (TPSA) is 87.3 Å². The fourth-order valence-electron chi connectivity index (χ4n) is 5.52. The van der Waals surface area contributed by atoms with Crippen LogP contribution in [-0.2, 0) is 9.59 Å². The molecule has 3 amide bonds. The number of anilines is 2. The van der Waals surface area contributed by atoms with Crippen molar-refractivity contribution in [3.8, 4) is 11.1 Å². The average molecular weight is 702 g/mol. The lowest BCUT2D eigenvalue weighted by atomic mass is 10.0. The van der Waals surface area contributed by atoms with Gasteiger partial charge in [-0.05, 0) is 88.3 Å². The van der Waals surface area contributed by atoms with E-state index in [0.717, 1.165) is 32.8 Å². The zero-order valence-corrected chi connectivity index (χ0v) is 29.8. The number of thioether (sulfide) groups is 1. The first-order valence-electron chi connectivity index (χ1n) is 17.1. The van der Waals surface area contributed by atoms with Crippen molar-refractivity contribution >= 4 is 46.9 Å². The molecule has 0 radical (unpaired) electrons. The quantitative estimate of drug-likeness (QED) is 0.0876. The van der Waals surface area contributed by atoms with Crippen LogP contribution >= 0.6 is 11.8 Å². The van der Waals surface area contributed by atoms with Gasteiger partial charge in [0.25, 0.3) is 11.8 Å². The Kier molecular flexibility index (Phi) is 11.8. The summed E-state index contributed by atoms with van der Waals surface area (Å²) in [6, 6.07) is 51.5. The van der Waals surface area contributed by atoms with E-state index in [0.29, 0.717) is 17.2 Å². The van der Waals surface area contributed by atoms with Gasteiger partial charge in [-0.2, -0.15) is 0 Å². The standard InChI is InChI=1S/C45H39N3O3S/c1-31(2)33-22-24-38(25-23-33)47-45(51)42(36-14-8-4-9-15-36)52-40-28-26-39(27-29-40)46-44(50)41(48-43(49)37-16-10-5-11-17-37)30-32-18-20-35(21-19-32)34-12-6-3-7-13-34/h3-31,42H,1-2H3,(H,46,50)(H,47,51)(H,48,49)/b41-30-. The Morgan fingerprint density at radius 2 is 1.10 bits per heavy atom. The molecule has 0 aliphatic rings. The molecular weight excluding hydrogens is 663 g/mol. The summed E-state index contributed by atoms with van der Waals surface area (Å²) in [6.07, 6.45) is 1.66. The fourth-order valence-corrected chi connectivity index (χ4v) is 6.55. The predicted octanol–water partition coefficient (Wildman–Crippen LogP) is 10.4. The van der Waals surface area contributed by atoms with Crippen LogP contribution in [0.2, 0.25) is 0 Å². The van der Waals surface area contributed by atoms with Gasteiger partial charge in [-0.3, -0.25) is 14.4 Å². The molecular formula is C45H39N3O3S.